The van der Waals surface area contributed by atoms with Crippen LogP contribution in [0.4, 0.5) is 0 Å². The number of carbonyl (C=O) groups is 1. The first-order chi connectivity index (χ1) is 12.1. The summed E-state index contributed by atoms with van der Waals surface area (Å²) in [5.41, 5.74) is 4.12. The van der Waals surface area contributed by atoms with Gasteiger partial charge in [0.15, 0.2) is 0 Å². The molecule has 1 heterocycles. The van der Waals surface area contributed by atoms with Gasteiger partial charge in [-0.15, -0.1) is 0 Å². The summed E-state index contributed by atoms with van der Waals surface area (Å²) >= 11 is 0. The Balaban J connectivity index is 1.59. The Morgan fingerprint density at radius 2 is 1.88 bits per heavy atom. The van der Waals surface area contributed by atoms with Gasteiger partial charge in [-0.1, -0.05) is 30.3 Å². The second-order valence-electron chi connectivity index (χ2n) is 6.30. The molecule has 0 unspecified atom stereocenters. The van der Waals surface area contributed by atoms with E-state index in [1.54, 1.807) is 18.2 Å². The number of benzene rings is 2. The molecule has 4 heteroatoms. The largest absolute Gasteiger partial charge is 0.492 e. The number of likely N-dealkylation sites (N-methyl/N-ethyl adjacent to an activating group) is 1. The van der Waals surface area contributed by atoms with Gasteiger partial charge in [0.25, 0.3) is 0 Å². The van der Waals surface area contributed by atoms with Gasteiger partial charge in [-0.25, -0.2) is 0 Å². The summed E-state index contributed by atoms with van der Waals surface area (Å²) in [7, 11) is 1.80. The van der Waals surface area contributed by atoms with Crippen LogP contribution in [-0.2, 0) is 11.2 Å². The molecule has 0 saturated carbocycles. The number of fused-ring (bicyclic) bond motifs is 1. The second kappa shape index (κ2) is 7.43. The minimum Gasteiger partial charge on any atom is -0.492 e. The predicted molar refractivity (Wildman–Crippen MR) is 99.0 cm³/mol. The summed E-state index contributed by atoms with van der Waals surface area (Å²) in [6, 6.07) is 13.7. The lowest BCUT2D eigenvalue weighted by atomic mass is 10.0. The van der Waals surface area contributed by atoms with E-state index in [4.69, 9.17) is 9.15 Å². The maximum atomic E-state index is 12.5. The fourth-order valence-corrected chi connectivity index (χ4v) is 2.76. The molecule has 0 aliphatic heterocycles. The van der Waals surface area contributed by atoms with Gasteiger partial charge in [-0.3, -0.25) is 4.79 Å². The van der Waals surface area contributed by atoms with E-state index in [-0.39, 0.29) is 5.91 Å². The van der Waals surface area contributed by atoms with Crippen molar-refractivity contribution in [1.82, 2.24) is 4.90 Å². The molecular formula is C21H23NO3. The highest BCUT2D eigenvalue weighted by Crippen LogP contribution is 2.27. The fraction of sp³-hybridized carbons (Fsp3) is 0.286. The molecule has 0 saturated heterocycles. The van der Waals surface area contributed by atoms with Crippen molar-refractivity contribution in [2.45, 2.75) is 20.3 Å². The third-order valence-corrected chi connectivity index (χ3v) is 4.55. The number of ether oxygens (including phenoxy) is 1. The molecule has 3 aromatic rings. The van der Waals surface area contributed by atoms with Gasteiger partial charge in [-0.05, 0) is 37.1 Å². The molecule has 0 aliphatic rings. The summed E-state index contributed by atoms with van der Waals surface area (Å²) in [4.78, 5) is 14.2. The molecule has 3 rings (SSSR count). The third-order valence-electron chi connectivity index (χ3n) is 4.55. The quantitative estimate of drug-likeness (QED) is 0.679. The van der Waals surface area contributed by atoms with E-state index in [0.29, 0.717) is 19.6 Å². The third kappa shape index (κ3) is 3.85. The molecular weight excluding hydrogens is 314 g/mol. The van der Waals surface area contributed by atoms with Crippen LogP contribution >= 0.6 is 0 Å². The van der Waals surface area contributed by atoms with E-state index in [1.165, 1.54) is 5.56 Å². The zero-order valence-electron chi connectivity index (χ0n) is 14.9. The SMILES string of the molecule is Cc1ccc2c(CC(=O)N(C)CCOc3ccccc3)coc2c1C. The van der Waals surface area contributed by atoms with E-state index in [2.05, 4.69) is 13.0 Å². The Hall–Kier alpha value is -2.75. The fourth-order valence-electron chi connectivity index (χ4n) is 2.76. The molecule has 0 radical (unpaired) electrons. The van der Waals surface area contributed by atoms with Gasteiger partial charge < -0.3 is 14.1 Å². The number of hydrogen-bond donors (Lipinski definition) is 0. The number of carbonyl (C=O) groups excluding carboxylic acids is 1. The molecule has 0 spiro atoms. The average Bonchev–Trinajstić information content (AvgIpc) is 3.02. The lowest BCUT2D eigenvalue weighted by molar-refractivity contribution is -0.129. The number of aryl methyl sites for hydroxylation is 2. The number of hydrogen-bond acceptors (Lipinski definition) is 3. The Morgan fingerprint density at radius 1 is 1.12 bits per heavy atom. The molecule has 0 bridgehead atoms. The number of amides is 1. The van der Waals surface area contributed by atoms with Gasteiger partial charge in [0.2, 0.25) is 5.91 Å². The van der Waals surface area contributed by atoms with Crippen molar-refractivity contribution in [1.29, 1.82) is 0 Å². The number of para-hydroxylation sites is 1. The molecule has 0 N–H and O–H groups in total. The minimum atomic E-state index is 0.0533. The van der Waals surface area contributed by atoms with Gasteiger partial charge >= 0.3 is 0 Å². The van der Waals surface area contributed by atoms with Crippen LogP contribution in [0.1, 0.15) is 16.7 Å². The van der Waals surface area contributed by atoms with Crippen molar-refractivity contribution in [3.05, 3.63) is 65.4 Å². The minimum absolute atomic E-state index is 0.0533. The first-order valence-corrected chi connectivity index (χ1v) is 8.44. The van der Waals surface area contributed by atoms with Crippen molar-refractivity contribution in [3.63, 3.8) is 0 Å². The van der Waals surface area contributed by atoms with Crippen molar-refractivity contribution in [2.75, 3.05) is 20.2 Å². The Labute approximate surface area is 148 Å². The number of nitrogens with zero attached hydrogens (tertiary/aromatic N) is 1. The second-order valence-corrected chi connectivity index (χ2v) is 6.30. The highest BCUT2D eigenvalue weighted by atomic mass is 16.5. The average molecular weight is 337 g/mol. The summed E-state index contributed by atoms with van der Waals surface area (Å²) in [5.74, 6) is 0.868. The van der Waals surface area contributed by atoms with E-state index in [9.17, 15) is 4.79 Å². The van der Waals surface area contributed by atoms with Gasteiger partial charge in [-0.2, -0.15) is 0 Å². The summed E-state index contributed by atoms with van der Waals surface area (Å²) in [5, 5.41) is 1.02. The summed E-state index contributed by atoms with van der Waals surface area (Å²) in [6.07, 6.45) is 2.03. The Morgan fingerprint density at radius 3 is 2.64 bits per heavy atom. The van der Waals surface area contributed by atoms with Crippen molar-refractivity contribution in [3.8, 4) is 5.75 Å². The zero-order valence-corrected chi connectivity index (χ0v) is 14.9. The molecule has 0 aliphatic carbocycles. The Bertz CT molecular complexity index is 867. The van der Waals surface area contributed by atoms with Gasteiger partial charge in [0.1, 0.15) is 17.9 Å². The van der Waals surface area contributed by atoms with E-state index in [1.807, 2.05) is 43.3 Å². The molecule has 4 nitrogen and oxygen atoms in total. The van der Waals surface area contributed by atoms with Crippen molar-refractivity contribution < 1.29 is 13.9 Å². The molecule has 1 amide bonds. The predicted octanol–water partition coefficient (Wildman–Crippen LogP) is 4.13. The first-order valence-electron chi connectivity index (χ1n) is 8.44. The van der Waals surface area contributed by atoms with Crippen molar-refractivity contribution in [2.24, 2.45) is 0 Å². The van der Waals surface area contributed by atoms with Crippen LogP contribution in [0.15, 0.2) is 53.1 Å². The van der Waals surface area contributed by atoms with E-state index in [0.717, 1.165) is 27.8 Å². The van der Waals surface area contributed by atoms with Crippen LogP contribution < -0.4 is 4.74 Å². The zero-order chi connectivity index (χ0) is 17.8. The molecule has 130 valence electrons. The van der Waals surface area contributed by atoms with Gasteiger partial charge in [0.05, 0.1) is 19.2 Å². The van der Waals surface area contributed by atoms with E-state index >= 15 is 0 Å². The molecule has 2 aromatic carbocycles. The summed E-state index contributed by atoms with van der Waals surface area (Å²) in [6.45, 7) is 5.11. The summed E-state index contributed by atoms with van der Waals surface area (Å²) < 4.78 is 11.3. The maximum Gasteiger partial charge on any atom is 0.226 e. The first kappa shape index (κ1) is 17.1. The van der Waals surface area contributed by atoms with Crippen LogP contribution in [0.2, 0.25) is 0 Å². The van der Waals surface area contributed by atoms with Crippen LogP contribution in [0, 0.1) is 13.8 Å². The smallest absolute Gasteiger partial charge is 0.226 e. The lowest BCUT2D eigenvalue weighted by Crippen LogP contribution is -2.32. The number of furan rings is 1. The highest BCUT2D eigenvalue weighted by molar-refractivity contribution is 5.89. The van der Waals surface area contributed by atoms with Crippen LogP contribution in [0.5, 0.6) is 5.75 Å². The maximum absolute atomic E-state index is 12.5. The van der Waals surface area contributed by atoms with Crippen LogP contribution in [0.25, 0.3) is 11.0 Å². The molecule has 0 fully saturated rings. The van der Waals surface area contributed by atoms with Crippen LogP contribution in [0.3, 0.4) is 0 Å². The highest BCUT2D eigenvalue weighted by Gasteiger charge is 2.15. The van der Waals surface area contributed by atoms with Crippen molar-refractivity contribution >= 4 is 16.9 Å². The standard InChI is InChI=1S/C21H23NO3/c1-15-9-10-19-17(14-25-21(19)16(15)2)13-20(23)22(3)11-12-24-18-7-5-4-6-8-18/h4-10,14H,11-13H2,1-3H3. The van der Waals surface area contributed by atoms with Gasteiger partial charge in [0, 0.05) is 18.0 Å². The molecule has 0 atom stereocenters. The molecule has 1 aromatic heterocycles. The Kier molecular flexibility index (Phi) is 5.08. The lowest BCUT2D eigenvalue weighted by Gasteiger charge is -2.17. The number of rotatable bonds is 6. The molecule has 25 heavy (non-hydrogen) atoms. The van der Waals surface area contributed by atoms with Crippen LogP contribution in [-0.4, -0.2) is 31.0 Å². The normalized spacial score (nSPS) is 10.8. The topological polar surface area (TPSA) is 42.7 Å². The van der Waals surface area contributed by atoms with E-state index < -0.39 is 0 Å². The monoisotopic (exact) mass is 337 g/mol.